The van der Waals surface area contributed by atoms with Crippen LogP contribution in [0, 0.1) is 0 Å². The molecule has 0 spiro atoms. The van der Waals surface area contributed by atoms with E-state index < -0.39 is 5.25 Å². The predicted molar refractivity (Wildman–Crippen MR) is 78.1 cm³/mol. The molecule has 1 atom stereocenters. The van der Waals surface area contributed by atoms with Crippen LogP contribution in [0.4, 0.5) is 5.69 Å². The molecule has 0 bridgehead atoms. The second-order valence-electron chi connectivity index (χ2n) is 3.87. The molecule has 1 amide bonds. The maximum absolute atomic E-state index is 12.0. The molecule has 8 heteroatoms. The Labute approximate surface area is 124 Å². The van der Waals surface area contributed by atoms with Gasteiger partial charge in [-0.25, -0.2) is 0 Å². The van der Waals surface area contributed by atoms with Crippen molar-refractivity contribution >= 4 is 35.0 Å². The van der Waals surface area contributed by atoms with Crippen molar-refractivity contribution in [1.29, 1.82) is 0 Å². The summed E-state index contributed by atoms with van der Waals surface area (Å²) < 4.78 is 0. The molecule has 0 saturated carbocycles. The quantitative estimate of drug-likeness (QED) is 0.843. The van der Waals surface area contributed by atoms with Crippen LogP contribution in [-0.2, 0) is 4.79 Å². The van der Waals surface area contributed by atoms with Crippen molar-refractivity contribution in [2.75, 3.05) is 5.32 Å². The summed E-state index contributed by atoms with van der Waals surface area (Å²) in [5.74, 6) is -0.241. The Balaban J connectivity index is 2.02. The van der Waals surface area contributed by atoms with Gasteiger partial charge in [0.25, 0.3) is 5.56 Å². The third-order valence-corrected chi connectivity index (χ3v) is 3.65. The third-order valence-electron chi connectivity index (χ3n) is 2.34. The summed E-state index contributed by atoms with van der Waals surface area (Å²) >= 11 is 7.07. The smallest absolute Gasteiger partial charge is 0.270 e. The van der Waals surface area contributed by atoms with Gasteiger partial charge in [-0.2, -0.15) is 5.10 Å². The van der Waals surface area contributed by atoms with Gasteiger partial charge in [-0.3, -0.25) is 14.6 Å². The van der Waals surface area contributed by atoms with E-state index in [4.69, 9.17) is 11.6 Å². The lowest BCUT2D eigenvalue weighted by Gasteiger charge is -2.11. The first-order valence-electron chi connectivity index (χ1n) is 5.70. The summed E-state index contributed by atoms with van der Waals surface area (Å²) in [7, 11) is 0. The molecule has 6 nitrogen and oxygen atoms in total. The maximum atomic E-state index is 12.0. The van der Waals surface area contributed by atoms with Crippen LogP contribution < -0.4 is 10.9 Å². The molecule has 0 aliphatic carbocycles. The van der Waals surface area contributed by atoms with E-state index in [-0.39, 0.29) is 11.5 Å². The second-order valence-corrected chi connectivity index (χ2v) is 5.60. The number of thioether (sulfide) groups is 1. The van der Waals surface area contributed by atoms with Crippen LogP contribution in [0.15, 0.2) is 40.4 Å². The van der Waals surface area contributed by atoms with E-state index in [1.54, 1.807) is 31.2 Å². The van der Waals surface area contributed by atoms with Crippen molar-refractivity contribution in [2.24, 2.45) is 0 Å². The SMILES string of the molecule is C[C@@H](Sc1nncc(=O)[nH]1)C(=O)Nc1ccccc1Cl. The van der Waals surface area contributed by atoms with Gasteiger partial charge < -0.3 is 5.32 Å². The summed E-state index contributed by atoms with van der Waals surface area (Å²) in [5.41, 5.74) is 0.181. The van der Waals surface area contributed by atoms with E-state index in [1.807, 2.05) is 0 Å². The zero-order chi connectivity index (χ0) is 14.5. The standard InChI is InChI=1S/C12H11ClN4O2S/c1-7(20-12-16-10(18)6-14-17-12)11(19)15-9-5-3-2-4-8(9)13/h2-7H,1H3,(H,15,19)(H,16,17,18)/t7-/m1/s1. The first-order chi connectivity index (χ1) is 9.56. The Hall–Kier alpha value is -1.86. The molecule has 2 N–H and O–H groups in total. The highest BCUT2D eigenvalue weighted by Gasteiger charge is 2.16. The molecular formula is C12H11ClN4O2S. The number of aromatic amines is 1. The number of anilines is 1. The Kier molecular flexibility index (Phi) is 4.75. The van der Waals surface area contributed by atoms with Crippen LogP contribution in [-0.4, -0.2) is 26.3 Å². The maximum Gasteiger partial charge on any atom is 0.270 e. The van der Waals surface area contributed by atoms with Crippen molar-refractivity contribution in [3.63, 3.8) is 0 Å². The molecule has 0 radical (unpaired) electrons. The van der Waals surface area contributed by atoms with E-state index >= 15 is 0 Å². The minimum absolute atomic E-state index is 0.241. The number of hydrogen-bond donors (Lipinski definition) is 2. The highest BCUT2D eigenvalue weighted by atomic mass is 35.5. The van der Waals surface area contributed by atoms with Gasteiger partial charge >= 0.3 is 0 Å². The number of nitrogens with zero attached hydrogens (tertiary/aromatic N) is 2. The van der Waals surface area contributed by atoms with Crippen molar-refractivity contribution in [2.45, 2.75) is 17.3 Å². The normalized spacial score (nSPS) is 11.9. The number of benzene rings is 1. The van der Waals surface area contributed by atoms with Gasteiger partial charge in [-0.15, -0.1) is 5.10 Å². The fraction of sp³-hybridized carbons (Fsp3) is 0.167. The number of H-pyrrole nitrogens is 1. The molecule has 2 rings (SSSR count). The van der Waals surface area contributed by atoms with E-state index in [2.05, 4.69) is 20.5 Å². The number of halogens is 1. The zero-order valence-corrected chi connectivity index (χ0v) is 12.0. The molecule has 0 saturated heterocycles. The molecule has 1 aromatic carbocycles. The minimum atomic E-state index is -0.460. The fourth-order valence-corrected chi connectivity index (χ4v) is 2.30. The number of rotatable bonds is 4. The number of hydrogen-bond acceptors (Lipinski definition) is 5. The summed E-state index contributed by atoms with van der Waals surface area (Å²) in [6.07, 6.45) is 1.07. The van der Waals surface area contributed by atoms with Crippen molar-refractivity contribution in [3.05, 3.63) is 45.8 Å². The Morgan fingerprint density at radius 1 is 1.45 bits per heavy atom. The van der Waals surface area contributed by atoms with Gasteiger partial charge in [0.2, 0.25) is 5.91 Å². The van der Waals surface area contributed by atoms with Crippen LogP contribution in [0.5, 0.6) is 0 Å². The molecule has 20 heavy (non-hydrogen) atoms. The summed E-state index contributed by atoms with van der Waals surface area (Å²) in [6, 6.07) is 6.96. The Morgan fingerprint density at radius 2 is 2.20 bits per heavy atom. The fourth-order valence-electron chi connectivity index (χ4n) is 1.37. The average Bonchev–Trinajstić information content (AvgIpc) is 2.41. The lowest BCUT2D eigenvalue weighted by atomic mass is 10.3. The average molecular weight is 311 g/mol. The number of nitrogens with one attached hydrogen (secondary N) is 2. The highest BCUT2D eigenvalue weighted by molar-refractivity contribution is 8.00. The van der Waals surface area contributed by atoms with Crippen molar-refractivity contribution in [1.82, 2.24) is 15.2 Å². The van der Waals surface area contributed by atoms with Gasteiger partial charge in [0.1, 0.15) is 6.20 Å². The molecule has 0 unspecified atom stereocenters. The van der Waals surface area contributed by atoms with Crippen LogP contribution in [0.3, 0.4) is 0 Å². The number of carbonyl (C=O) groups is 1. The topological polar surface area (TPSA) is 87.7 Å². The van der Waals surface area contributed by atoms with E-state index in [1.165, 1.54) is 0 Å². The largest absolute Gasteiger partial charge is 0.324 e. The van der Waals surface area contributed by atoms with Gasteiger partial charge in [0.15, 0.2) is 5.16 Å². The monoisotopic (exact) mass is 310 g/mol. The first kappa shape index (κ1) is 14.5. The number of amides is 1. The van der Waals surface area contributed by atoms with E-state index in [0.717, 1.165) is 18.0 Å². The van der Waals surface area contributed by atoms with Gasteiger partial charge in [-0.05, 0) is 19.1 Å². The molecule has 1 aromatic heterocycles. The lowest BCUT2D eigenvalue weighted by Crippen LogP contribution is -2.23. The number of aromatic nitrogens is 3. The molecular weight excluding hydrogens is 300 g/mol. The third kappa shape index (κ3) is 3.82. The Bertz CT molecular complexity index is 676. The summed E-state index contributed by atoms with van der Waals surface area (Å²) in [5, 5.41) is 10.3. The van der Waals surface area contributed by atoms with Crippen LogP contribution in [0.25, 0.3) is 0 Å². The molecule has 0 aliphatic heterocycles. The predicted octanol–water partition coefficient (Wildman–Crippen LogP) is 1.94. The minimum Gasteiger partial charge on any atom is -0.324 e. The van der Waals surface area contributed by atoms with E-state index in [0.29, 0.717) is 15.9 Å². The van der Waals surface area contributed by atoms with E-state index in [9.17, 15) is 9.59 Å². The number of carbonyl (C=O) groups excluding carboxylic acids is 1. The molecule has 0 aliphatic rings. The summed E-state index contributed by atoms with van der Waals surface area (Å²) in [6.45, 7) is 1.70. The summed E-state index contributed by atoms with van der Waals surface area (Å²) in [4.78, 5) is 25.6. The van der Waals surface area contributed by atoms with Crippen molar-refractivity contribution in [3.8, 4) is 0 Å². The zero-order valence-electron chi connectivity index (χ0n) is 10.5. The second kappa shape index (κ2) is 6.53. The molecule has 1 heterocycles. The van der Waals surface area contributed by atoms with Crippen LogP contribution >= 0.6 is 23.4 Å². The highest BCUT2D eigenvalue weighted by Crippen LogP contribution is 2.23. The van der Waals surface area contributed by atoms with Crippen LogP contribution in [0.2, 0.25) is 5.02 Å². The molecule has 104 valence electrons. The van der Waals surface area contributed by atoms with Gasteiger partial charge in [-0.1, -0.05) is 35.5 Å². The first-order valence-corrected chi connectivity index (χ1v) is 6.96. The van der Waals surface area contributed by atoms with Crippen molar-refractivity contribution < 1.29 is 4.79 Å². The van der Waals surface area contributed by atoms with Crippen LogP contribution in [0.1, 0.15) is 6.92 Å². The van der Waals surface area contributed by atoms with Gasteiger partial charge in [0, 0.05) is 0 Å². The molecule has 0 fully saturated rings. The molecule has 2 aromatic rings. The lowest BCUT2D eigenvalue weighted by molar-refractivity contribution is -0.115. The van der Waals surface area contributed by atoms with Gasteiger partial charge in [0.05, 0.1) is 16.0 Å². The Morgan fingerprint density at radius 3 is 2.90 bits per heavy atom. The number of para-hydroxylation sites is 1.